The van der Waals surface area contributed by atoms with E-state index in [1.165, 1.54) is 0 Å². The van der Waals surface area contributed by atoms with Gasteiger partial charge in [-0.2, -0.15) is 0 Å². The largest absolute Gasteiger partial charge is 0.351 e. The first-order valence-corrected chi connectivity index (χ1v) is 6.11. The van der Waals surface area contributed by atoms with Gasteiger partial charge in [-0.15, -0.1) is 0 Å². The summed E-state index contributed by atoms with van der Waals surface area (Å²) in [5, 5.41) is 11.1. The normalized spacial score (nSPS) is 21.1. The summed E-state index contributed by atoms with van der Waals surface area (Å²) in [7, 11) is 0. The minimum atomic E-state index is -0.350. The molecule has 98 valence electrons. The Morgan fingerprint density at radius 2 is 2.39 bits per heavy atom. The van der Waals surface area contributed by atoms with Crippen LogP contribution in [0.25, 0.3) is 0 Å². The second-order valence-corrected chi connectivity index (χ2v) is 4.91. The summed E-state index contributed by atoms with van der Waals surface area (Å²) >= 11 is 0. The number of nitro groups is 1. The van der Waals surface area contributed by atoms with Gasteiger partial charge in [0.2, 0.25) is 5.82 Å². The molecule has 1 aliphatic rings. The van der Waals surface area contributed by atoms with Crippen LogP contribution in [0.2, 0.25) is 0 Å². The quantitative estimate of drug-likeness (QED) is 0.648. The van der Waals surface area contributed by atoms with Gasteiger partial charge >= 0.3 is 5.69 Å². The molecule has 1 aromatic rings. The summed E-state index contributed by atoms with van der Waals surface area (Å²) in [6.45, 7) is 5.24. The van der Waals surface area contributed by atoms with Crippen LogP contribution < -0.4 is 10.6 Å². The summed E-state index contributed by atoms with van der Waals surface area (Å²) in [5.74, 6) is 0.857. The second-order valence-electron chi connectivity index (χ2n) is 4.91. The molecule has 2 heterocycles. The van der Waals surface area contributed by atoms with Gasteiger partial charge in [-0.05, 0) is 32.3 Å². The Balaban J connectivity index is 2.30. The van der Waals surface area contributed by atoms with Crippen molar-refractivity contribution in [3.63, 3.8) is 0 Å². The third kappa shape index (κ3) is 2.28. The molecular formula is C12H18N4O2. The lowest BCUT2D eigenvalue weighted by molar-refractivity contribution is -0.384. The maximum absolute atomic E-state index is 11.1. The van der Waals surface area contributed by atoms with Crippen LogP contribution in [0.1, 0.15) is 18.9 Å². The molecule has 2 unspecified atom stereocenters. The van der Waals surface area contributed by atoms with Crippen LogP contribution in [0.15, 0.2) is 12.3 Å². The predicted molar refractivity (Wildman–Crippen MR) is 69.6 cm³/mol. The molecule has 2 N–H and O–H groups in total. The van der Waals surface area contributed by atoms with Crippen molar-refractivity contribution in [1.82, 2.24) is 4.98 Å². The summed E-state index contributed by atoms with van der Waals surface area (Å²) in [5.41, 5.74) is 6.65. The number of pyridine rings is 1. The fourth-order valence-corrected chi connectivity index (χ4v) is 2.40. The Morgan fingerprint density at radius 3 is 2.94 bits per heavy atom. The predicted octanol–water partition coefficient (Wildman–Crippen LogP) is 1.47. The highest BCUT2D eigenvalue weighted by atomic mass is 16.6. The van der Waals surface area contributed by atoms with Gasteiger partial charge < -0.3 is 10.6 Å². The number of anilines is 1. The van der Waals surface area contributed by atoms with Gasteiger partial charge in [0.1, 0.15) is 0 Å². The number of aromatic nitrogens is 1. The average molecular weight is 250 g/mol. The van der Waals surface area contributed by atoms with Crippen LogP contribution in [-0.4, -0.2) is 29.0 Å². The topological polar surface area (TPSA) is 85.3 Å². The lowest BCUT2D eigenvalue weighted by atomic mass is 10.0. The van der Waals surface area contributed by atoms with Crippen LogP contribution in [0.3, 0.4) is 0 Å². The molecule has 1 saturated heterocycles. The second kappa shape index (κ2) is 4.89. The Hall–Kier alpha value is -1.69. The van der Waals surface area contributed by atoms with Crippen LogP contribution in [-0.2, 0) is 0 Å². The number of nitrogens with two attached hydrogens (primary N) is 1. The van der Waals surface area contributed by atoms with Crippen molar-refractivity contribution >= 4 is 11.5 Å². The molecule has 0 radical (unpaired) electrons. The average Bonchev–Trinajstić information content (AvgIpc) is 2.77. The van der Waals surface area contributed by atoms with Crippen LogP contribution in [0, 0.1) is 23.0 Å². The van der Waals surface area contributed by atoms with Crippen LogP contribution in [0.4, 0.5) is 11.5 Å². The maximum atomic E-state index is 11.1. The van der Waals surface area contributed by atoms with Gasteiger partial charge in [-0.25, -0.2) is 4.98 Å². The molecule has 6 heteroatoms. The summed E-state index contributed by atoms with van der Waals surface area (Å²) in [6.07, 6.45) is 2.58. The molecule has 2 rings (SSSR count). The van der Waals surface area contributed by atoms with E-state index in [2.05, 4.69) is 4.98 Å². The van der Waals surface area contributed by atoms with Crippen molar-refractivity contribution in [3.05, 3.63) is 27.9 Å². The zero-order valence-corrected chi connectivity index (χ0v) is 10.7. The monoisotopic (exact) mass is 250 g/mol. The van der Waals surface area contributed by atoms with E-state index in [1.54, 1.807) is 19.2 Å². The molecule has 0 saturated carbocycles. The van der Waals surface area contributed by atoms with Crippen molar-refractivity contribution in [2.24, 2.45) is 11.7 Å². The smallest absolute Gasteiger partial charge is 0.314 e. The van der Waals surface area contributed by atoms with E-state index in [1.807, 2.05) is 11.8 Å². The van der Waals surface area contributed by atoms with Gasteiger partial charge in [0.15, 0.2) is 0 Å². The molecule has 2 atom stereocenters. The van der Waals surface area contributed by atoms with Crippen molar-refractivity contribution in [2.75, 3.05) is 18.0 Å². The van der Waals surface area contributed by atoms with Crippen molar-refractivity contribution in [2.45, 2.75) is 26.3 Å². The van der Waals surface area contributed by atoms with Crippen LogP contribution >= 0.6 is 0 Å². The Labute approximate surface area is 106 Å². The molecule has 1 aliphatic heterocycles. The minimum Gasteiger partial charge on any atom is -0.351 e. The molecule has 0 aromatic carbocycles. The number of hydrogen-bond acceptors (Lipinski definition) is 5. The van der Waals surface area contributed by atoms with Gasteiger partial charge in [0, 0.05) is 30.9 Å². The molecule has 0 amide bonds. The number of hydrogen-bond donors (Lipinski definition) is 1. The number of aryl methyl sites for hydroxylation is 1. The highest BCUT2D eigenvalue weighted by Crippen LogP contribution is 2.32. The van der Waals surface area contributed by atoms with E-state index in [-0.39, 0.29) is 16.7 Å². The van der Waals surface area contributed by atoms with Gasteiger partial charge in [0.05, 0.1) is 4.92 Å². The van der Waals surface area contributed by atoms with Gasteiger partial charge in [0.25, 0.3) is 0 Å². The zero-order chi connectivity index (χ0) is 13.3. The fourth-order valence-electron chi connectivity index (χ4n) is 2.40. The summed E-state index contributed by atoms with van der Waals surface area (Å²) in [6, 6.07) is 1.78. The van der Waals surface area contributed by atoms with Crippen molar-refractivity contribution in [1.29, 1.82) is 0 Å². The van der Waals surface area contributed by atoms with Gasteiger partial charge in [-0.3, -0.25) is 10.1 Å². The first-order valence-electron chi connectivity index (χ1n) is 6.11. The lowest BCUT2D eigenvalue weighted by Crippen LogP contribution is -2.30. The number of rotatable bonds is 3. The molecule has 18 heavy (non-hydrogen) atoms. The Morgan fingerprint density at radius 1 is 1.67 bits per heavy atom. The van der Waals surface area contributed by atoms with E-state index >= 15 is 0 Å². The molecule has 6 nitrogen and oxygen atoms in total. The van der Waals surface area contributed by atoms with E-state index in [4.69, 9.17) is 5.73 Å². The van der Waals surface area contributed by atoms with E-state index in [0.29, 0.717) is 17.3 Å². The molecule has 0 aliphatic carbocycles. The lowest BCUT2D eigenvalue weighted by Gasteiger charge is -2.19. The first kappa shape index (κ1) is 12.8. The highest BCUT2D eigenvalue weighted by Gasteiger charge is 2.31. The third-order valence-corrected chi connectivity index (χ3v) is 3.56. The highest BCUT2D eigenvalue weighted by molar-refractivity contribution is 5.61. The van der Waals surface area contributed by atoms with E-state index < -0.39 is 0 Å². The van der Waals surface area contributed by atoms with Crippen molar-refractivity contribution in [3.8, 4) is 0 Å². The number of nitrogens with zero attached hydrogens (tertiary/aromatic N) is 3. The molecule has 0 spiro atoms. The van der Waals surface area contributed by atoms with E-state index in [9.17, 15) is 10.1 Å². The third-order valence-electron chi connectivity index (χ3n) is 3.56. The van der Waals surface area contributed by atoms with Gasteiger partial charge in [-0.1, -0.05) is 0 Å². The SMILES string of the molecule is Cc1ccnc(N2CCC(C(C)N)C2)c1[N+](=O)[O-]. The Kier molecular flexibility index (Phi) is 3.47. The summed E-state index contributed by atoms with van der Waals surface area (Å²) < 4.78 is 0. The summed E-state index contributed by atoms with van der Waals surface area (Å²) in [4.78, 5) is 16.9. The first-order chi connectivity index (χ1) is 8.50. The molecule has 0 bridgehead atoms. The van der Waals surface area contributed by atoms with Crippen LogP contribution in [0.5, 0.6) is 0 Å². The molecule has 1 aromatic heterocycles. The Bertz CT molecular complexity index is 461. The zero-order valence-electron chi connectivity index (χ0n) is 10.7. The maximum Gasteiger partial charge on any atom is 0.314 e. The molecular weight excluding hydrogens is 232 g/mol. The molecule has 1 fully saturated rings. The fraction of sp³-hybridized carbons (Fsp3) is 0.583. The standard InChI is InChI=1S/C12H18N4O2/c1-8-3-5-14-12(11(8)16(17)18)15-6-4-10(7-15)9(2)13/h3,5,9-10H,4,6-7,13H2,1-2H3. The minimum absolute atomic E-state index is 0.110. The van der Waals surface area contributed by atoms with Crippen molar-refractivity contribution < 1.29 is 4.92 Å². The van der Waals surface area contributed by atoms with E-state index in [0.717, 1.165) is 19.5 Å².